The normalized spacial score (nSPS) is 23.7. The molecule has 2 atom stereocenters. The lowest BCUT2D eigenvalue weighted by Gasteiger charge is -2.24. The molecule has 1 aliphatic rings. The summed E-state index contributed by atoms with van der Waals surface area (Å²) in [5.41, 5.74) is 0. The average Bonchev–Trinajstić information content (AvgIpc) is 2.77. The van der Waals surface area contributed by atoms with Gasteiger partial charge in [-0.1, -0.05) is 18.5 Å². The van der Waals surface area contributed by atoms with E-state index in [-0.39, 0.29) is 12.1 Å². The Balaban J connectivity index is 2.02. The summed E-state index contributed by atoms with van der Waals surface area (Å²) < 4.78 is 5.29. The van der Waals surface area contributed by atoms with Crippen molar-refractivity contribution in [2.45, 2.75) is 44.8 Å². The van der Waals surface area contributed by atoms with Gasteiger partial charge in [0.05, 0.1) is 18.6 Å². The predicted molar refractivity (Wildman–Crippen MR) is 76.4 cm³/mol. The van der Waals surface area contributed by atoms with Crippen LogP contribution in [-0.2, 0) is 6.42 Å². The minimum absolute atomic E-state index is 0.170. The first-order valence-electron chi connectivity index (χ1n) is 7.49. The van der Waals surface area contributed by atoms with Crippen LogP contribution in [-0.4, -0.2) is 64.9 Å². The second-order valence-corrected chi connectivity index (χ2v) is 5.81. The largest absolute Gasteiger partial charge is 0.393 e. The first-order chi connectivity index (χ1) is 9.60. The lowest BCUT2D eigenvalue weighted by atomic mass is 10.1. The number of rotatable bonds is 5. The summed E-state index contributed by atoms with van der Waals surface area (Å²) in [4.78, 5) is 9.06. The van der Waals surface area contributed by atoms with Gasteiger partial charge in [0, 0.05) is 6.54 Å². The highest BCUT2D eigenvalue weighted by Crippen LogP contribution is 2.21. The van der Waals surface area contributed by atoms with Crippen LogP contribution in [0.4, 0.5) is 0 Å². The van der Waals surface area contributed by atoms with Gasteiger partial charge < -0.3 is 14.5 Å². The zero-order chi connectivity index (χ0) is 14.5. The van der Waals surface area contributed by atoms with E-state index in [4.69, 9.17) is 4.52 Å². The van der Waals surface area contributed by atoms with Gasteiger partial charge in [-0.25, -0.2) is 0 Å². The van der Waals surface area contributed by atoms with Gasteiger partial charge in [0.2, 0.25) is 5.89 Å². The summed E-state index contributed by atoms with van der Waals surface area (Å²) in [5.74, 6) is 1.28. The van der Waals surface area contributed by atoms with Crippen LogP contribution in [0.5, 0.6) is 0 Å². The predicted octanol–water partition coefficient (Wildman–Crippen LogP) is 1.08. The standard InChI is InChI=1S/C14H26N4O2/c1-4-6-11(19)9-13-15-14(16-20-13)12-10-17(2)7-5-8-18(12)3/h11-12,19H,4-10H2,1-3H3. The van der Waals surface area contributed by atoms with Crippen molar-refractivity contribution in [1.29, 1.82) is 0 Å². The van der Waals surface area contributed by atoms with E-state index in [1.807, 2.05) is 0 Å². The molecule has 1 aliphatic heterocycles. The van der Waals surface area contributed by atoms with Crippen LogP contribution >= 0.6 is 0 Å². The topological polar surface area (TPSA) is 65.6 Å². The first-order valence-corrected chi connectivity index (χ1v) is 7.49. The number of hydrogen-bond acceptors (Lipinski definition) is 6. The number of aliphatic hydroxyl groups is 1. The van der Waals surface area contributed by atoms with E-state index >= 15 is 0 Å². The first kappa shape index (κ1) is 15.4. The Bertz CT molecular complexity index is 410. The molecular weight excluding hydrogens is 256 g/mol. The number of aromatic nitrogens is 2. The molecule has 20 heavy (non-hydrogen) atoms. The smallest absolute Gasteiger partial charge is 0.229 e. The summed E-state index contributed by atoms with van der Waals surface area (Å²) in [6.07, 6.45) is 2.95. The highest BCUT2D eigenvalue weighted by Gasteiger charge is 2.26. The third-order valence-corrected chi connectivity index (χ3v) is 3.88. The number of aliphatic hydroxyl groups excluding tert-OH is 1. The van der Waals surface area contributed by atoms with Crippen molar-refractivity contribution in [1.82, 2.24) is 19.9 Å². The molecule has 0 radical (unpaired) electrons. The molecule has 2 rings (SSSR count). The zero-order valence-electron chi connectivity index (χ0n) is 12.7. The molecule has 0 amide bonds. The molecule has 1 aromatic rings. The molecule has 1 saturated heterocycles. The van der Waals surface area contributed by atoms with Crippen LogP contribution in [0.15, 0.2) is 4.52 Å². The molecule has 0 aliphatic carbocycles. The van der Waals surface area contributed by atoms with Crippen molar-refractivity contribution in [3.05, 3.63) is 11.7 Å². The SMILES string of the molecule is CCCC(O)Cc1nc(C2CN(C)CCCN2C)no1. The van der Waals surface area contributed by atoms with Gasteiger partial charge in [-0.05, 0) is 40.0 Å². The van der Waals surface area contributed by atoms with Gasteiger partial charge in [0.15, 0.2) is 5.82 Å². The lowest BCUT2D eigenvalue weighted by molar-refractivity contribution is 0.151. The molecule has 0 aromatic carbocycles. The van der Waals surface area contributed by atoms with Crippen molar-refractivity contribution >= 4 is 0 Å². The number of likely N-dealkylation sites (N-methyl/N-ethyl adjacent to an activating group) is 2. The Kier molecular flexibility index (Phi) is 5.51. The molecule has 1 aromatic heterocycles. The van der Waals surface area contributed by atoms with Crippen molar-refractivity contribution in [3.63, 3.8) is 0 Å². The van der Waals surface area contributed by atoms with E-state index in [9.17, 15) is 5.11 Å². The Morgan fingerprint density at radius 3 is 2.95 bits per heavy atom. The maximum absolute atomic E-state index is 9.81. The van der Waals surface area contributed by atoms with Crippen molar-refractivity contribution in [3.8, 4) is 0 Å². The van der Waals surface area contributed by atoms with Crippen molar-refractivity contribution in [2.24, 2.45) is 0 Å². The van der Waals surface area contributed by atoms with Crippen LogP contribution < -0.4 is 0 Å². The Morgan fingerprint density at radius 1 is 1.40 bits per heavy atom. The summed E-state index contributed by atoms with van der Waals surface area (Å²) in [6, 6.07) is 0.170. The molecule has 6 heteroatoms. The fraction of sp³-hybridized carbons (Fsp3) is 0.857. The second kappa shape index (κ2) is 7.15. The van der Waals surface area contributed by atoms with E-state index < -0.39 is 0 Å². The maximum Gasteiger partial charge on any atom is 0.229 e. The van der Waals surface area contributed by atoms with Gasteiger partial charge >= 0.3 is 0 Å². The van der Waals surface area contributed by atoms with E-state index in [2.05, 4.69) is 41.0 Å². The van der Waals surface area contributed by atoms with Gasteiger partial charge in [0.1, 0.15) is 0 Å². The van der Waals surface area contributed by atoms with Gasteiger partial charge in [-0.2, -0.15) is 4.98 Å². The van der Waals surface area contributed by atoms with Gasteiger partial charge in [0.25, 0.3) is 0 Å². The maximum atomic E-state index is 9.81. The molecule has 0 spiro atoms. The quantitative estimate of drug-likeness (QED) is 0.872. The molecule has 1 fully saturated rings. The summed E-state index contributed by atoms with van der Waals surface area (Å²) in [7, 11) is 4.23. The van der Waals surface area contributed by atoms with Crippen LogP contribution in [0.1, 0.15) is 43.9 Å². The summed E-state index contributed by atoms with van der Waals surface area (Å²) >= 11 is 0. The molecule has 6 nitrogen and oxygen atoms in total. The minimum atomic E-state index is -0.386. The van der Waals surface area contributed by atoms with E-state index in [1.54, 1.807) is 0 Å². The Hall–Kier alpha value is -0.980. The third-order valence-electron chi connectivity index (χ3n) is 3.88. The Labute approximate surface area is 120 Å². The molecule has 2 unspecified atom stereocenters. The zero-order valence-corrected chi connectivity index (χ0v) is 12.7. The summed E-state index contributed by atoms with van der Waals surface area (Å²) in [6.45, 7) is 5.10. The molecular formula is C14H26N4O2. The van der Waals surface area contributed by atoms with E-state index in [0.29, 0.717) is 12.3 Å². The van der Waals surface area contributed by atoms with Gasteiger partial charge in [-0.15, -0.1) is 0 Å². The van der Waals surface area contributed by atoms with E-state index in [1.165, 1.54) is 0 Å². The highest BCUT2D eigenvalue weighted by atomic mass is 16.5. The number of hydrogen-bond donors (Lipinski definition) is 1. The molecule has 0 saturated carbocycles. The van der Waals surface area contributed by atoms with Crippen molar-refractivity contribution < 1.29 is 9.63 Å². The van der Waals surface area contributed by atoms with Gasteiger partial charge in [-0.3, -0.25) is 4.90 Å². The third kappa shape index (κ3) is 4.01. The number of nitrogens with zero attached hydrogens (tertiary/aromatic N) is 4. The summed E-state index contributed by atoms with van der Waals surface area (Å²) in [5, 5.41) is 13.9. The molecule has 0 bridgehead atoms. The minimum Gasteiger partial charge on any atom is -0.393 e. The van der Waals surface area contributed by atoms with Crippen LogP contribution in [0, 0.1) is 0 Å². The van der Waals surface area contributed by atoms with E-state index in [0.717, 1.165) is 44.7 Å². The second-order valence-electron chi connectivity index (χ2n) is 5.81. The van der Waals surface area contributed by atoms with Crippen LogP contribution in [0.2, 0.25) is 0 Å². The van der Waals surface area contributed by atoms with Crippen LogP contribution in [0.3, 0.4) is 0 Å². The molecule has 114 valence electrons. The average molecular weight is 282 g/mol. The highest BCUT2D eigenvalue weighted by molar-refractivity contribution is 4.97. The molecule has 2 heterocycles. The van der Waals surface area contributed by atoms with Crippen molar-refractivity contribution in [2.75, 3.05) is 33.7 Å². The fourth-order valence-corrected chi connectivity index (χ4v) is 2.67. The molecule has 1 N–H and O–H groups in total. The van der Waals surface area contributed by atoms with Crippen LogP contribution in [0.25, 0.3) is 0 Å². The fourth-order valence-electron chi connectivity index (χ4n) is 2.67. The monoisotopic (exact) mass is 282 g/mol. The lowest BCUT2D eigenvalue weighted by Crippen LogP contribution is -2.31. The Morgan fingerprint density at radius 2 is 2.20 bits per heavy atom.